The average molecular weight is 679 g/mol. The molecule has 0 bridgehead atoms. The molecular formula is C54H30. The lowest BCUT2D eigenvalue weighted by atomic mass is 9.89. The van der Waals surface area contributed by atoms with Crippen LogP contribution in [0.25, 0.3) is 129 Å². The third-order valence-corrected chi connectivity index (χ3v) is 12.4. The molecule has 0 N–H and O–H groups in total. The highest BCUT2D eigenvalue weighted by Crippen LogP contribution is 2.42. The number of benzene rings is 13. The summed E-state index contributed by atoms with van der Waals surface area (Å²) >= 11 is 0. The van der Waals surface area contributed by atoms with Gasteiger partial charge in [0.2, 0.25) is 0 Å². The number of hydrogen-bond donors (Lipinski definition) is 0. The fraction of sp³-hybridized carbons (Fsp3) is 0. The van der Waals surface area contributed by atoms with Crippen LogP contribution >= 0.6 is 0 Å². The van der Waals surface area contributed by atoms with Crippen LogP contribution in [0.5, 0.6) is 0 Å². The number of rotatable bonds is 0. The predicted octanol–water partition coefficient (Wildman–Crippen LogP) is 15.5. The molecule has 54 heavy (non-hydrogen) atoms. The highest BCUT2D eigenvalue weighted by Gasteiger charge is 2.15. The molecule has 0 aliphatic carbocycles. The van der Waals surface area contributed by atoms with Crippen LogP contribution in [-0.4, -0.2) is 0 Å². The van der Waals surface area contributed by atoms with Crippen LogP contribution in [0.3, 0.4) is 0 Å². The predicted molar refractivity (Wildman–Crippen MR) is 237 cm³/mol. The van der Waals surface area contributed by atoms with Gasteiger partial charge in [-0.1, -0.05) is 146 Å². The molecule has 0 atom stereocenters. The van der Waals surface area contributed by atoms with Crippen LogP contribution < -0.4 is 0 Å². The van der Waals surface area contributed by atoms with E-state index < -0.39 is 0 Å². The van der Waals surface area contributed by atoms with Gasteiger partial charge in [0.15, 0.2) is 0 Å². The Labute approximate surface area is 310 Å². The van der Waals surface area contributed by atoms with Gasteiger partial charge in [0.25, 0.3) is 0 Å². The van der Waals surface area contributed by atoms with Gasteiger partial charge in [0.1, 0.15) is 0 Å². The first-order valence-corrected chi connectivity index (χ1v) is 18.9. The second-order valence-corrected chi connectivity index (χ2v) is 15.2. The molecular weight excluding hydrogens is 649 g/mol. The van der Waals surface area contributed by atoms with Crippen LogP contribution in [0.2, 0.25) is 0 Å². The molecule has 0 amide bonds. The maximum absolute atomic E-state index is 2.50. The Bertz CT molecular complexity index is 3570. The molecule has 246 valence electrons. The zero-order valence-corrected chi connectivity index (χ0v) is 29.3. The summed E-state index contributed by atoms with van der Waals surface area (Å²) in [6, 6.07) is 68.9. The van der Waals surface area contributed by atoms with Crippen molar-refractivity contribution in [3.05, 3.63) is 182 Å². The van der Waals surface area contributed by atoms with Crippen molar-refractivity contribution in [2.24, 2.45) is 0 Å². The lowest BCUT2D eigenvalue weighted by molar-refractivity contribution is 1.79. The molecule has 0 aliphatic rings. The molecule has 13 aromatic rings. The van der Waals surface area contributed by atoms with Crippen molar-refractivity contribution >= 4 is 129 Å². The topological polar surface area (TPSA) is 0 Å². The van der Waals surface area contributed by atoms with E-state index in [1.165, 1.54) is 129 Å². The van der Waals surface area contributed by atoms with E-state index in [1.807, 2.05) is 0 Å². The molecule has 0 heteroatoms. The summed E-state index contributed by atoms with van der Waals surface area (Å²) in [6.45, 7) is 0. The zero-order valence-electron chi connectivity index (χ0n) is 29.3. The van der Waals surface area contributed by atoms with E-state index in [9.17, 15) is 0 Å². The van der Waals surface area contributed by atoms with Gasteiger partial charge >= 0.3 is 0 Å². The molecule has 0 saturated carbocycles. The molecule has 0 nitrogen and oxygen atoms in total. The molecule has 0 aliphatic heterocycles. The smallest absolute Gasteiger partial charge is 0.00264 e. The lowest BCUT2D eigenvalue weighted by Crippen LogP contribution is -1.87. The van der Waals surface area contributed by atoms with Gasteiger partial charge in [-0.05, 0) is 166 Å². The maximum atomic E-state index is 2.50. The fourth-order valence-electron chi connectivity index (χ4n) is 9.92. The molecule has 0 spiro atoms. The first-order valence-electron chi connectivity index (χ1n) is 18.9. The van der Waals surface area contributed by atoms with Crippen molar-refractivity contribution in [3.8, 4) is 0 Å². The van der Waals surface area contributed by atoms with Crippen molar-refractivity contribution in [1.82, 2.24) is 0 Å². The normalized spacial score (nSPS) is 12.4. The van der Waals surface area contributed by atoms with Crippen molar-refractivity contribution in [2.75, 3.05) is 0 Å². The SMILES string of the molecule is c1ccc2c(c1)ccc1ccc3cc4ccc5ccc6cc7ccc8ccc9cc%10ccc%11ccc%12ccccc%12c%11c%10cc9c8c7cc6c5c4cc3c12. The van der Waals surface area contributed by atoms with Crippen LogP contribution in [0.4, 0.5) is 0 Å². The molecule has 13 rings (SSSR count). The minimum absolute atomic E-state index is 1.27. The second kappa shape index (κ2) is 10.3. The highest BCUT2D eigenvalue weighted by atomic mass is 14.2. The minimum atomic E-state index is 1.27. The quantitative estimate of drug-likeness (QED) is 0.111. The number of fused-ring (bicyclic) bond motifs is 20. The van der Waals surface area contributed by atoms with Crippen molar-refractivity contribution < 1.29 is 0 Å². The minimum Gasteiger partial charge on any atom is -0.0616 e. The van der Waals surface area contributed by atoms with E-state index >= 15 is 0 Å². The number of hydrogen-bond acceptors (Lipinski definition) is 0. The highest BCUT2D eigenvalue weighted by molar-refractivity contribution is 6.31. The monoisotopic (exact) mass is 678 g/mol. The van der Waals surface area contributed by atoms with Gasteiger partial charge in [-0.2, -0.15) is 0 Å². The van der Waals surface area contributed by atoms with Gasteiger partial charge in [-0.15, -0.1) is 0 Å². The molecule has 13 aromatic carbocycles. The molecule has 0 heterocycles. The van der Waals surface area contributed by atoms with E-state index in [1.54, 1.807) is 0 Å². The largest absolute Gasteiger partial charge is 0.0616 e. The Balaban J connectivity index is 1.18. The Morgan fingerprint density at radius 2 is 0.370 bits per heavy atom. The first-order chi connectivity index (χ1) is 26.7. The fourth-order valence-corrected chi connectivity index (χ4v) is 9.92. The second-order valence-electron chi connectivity index (χ2n) is 15.2. The summed E-state index contributed by atoms with van der Waals surface area (Å²) < 4.78 is 0. The van der Waals surface area contributed by atoms with Gasteiger partial charge in [-0.3, -0.25) is 0 Å². The Hall–Kier alpha value is -7.02. The molecule has 0 radical (unpaired) electrons. The maximum Gasteiger partial charge on any atom is -0.00264 e. The third-order valence-electron chi connectivity index (χ3n) is 12.4. The van der Waals surface area contributed by atoms with Crippen molar-refractivity contribution in [1.29, 1.82) is 0 Å². The van der Waals surface area contributed by atoms with Gasteiger partial charge in [0.05, 0.1) is 0 Å². The van der Waals surface area contributed by atoms with E-state index in [-0.39, 0.29) is 0 Å². The van der Waals surface area contributed by atoms with E-state index in [2.05, 4.69) is 182 Å². The third kappa shape index (κ3) is 3.82. The summed E-state index contributed by atoms with van der Waals surface area (Å²) in [5.74, 6) is 0. The molecule has 0 unspecified atom stereocenters. The van der Waals surface area contributed by atoms with Crippen LogP contribution in [0.1, 0.15) is 0 Å². The average Bonchev–Trinajstić information content (AvgIpc) is 3.23. The summed E-state index contributed by atoms with van der Waals surface area (Å²) in [4.78, 5) is 0. The van der Waals surface area contributed by atoms with Gasteiger partial charge in [-0.25, -0.2) is 0 Å². The van der Waals surface area contributed by atoms with E-state index in [4.69, 9.17) is 0 Å². The van der Waals surface area contributed by atoms with Crippen molar-refractivity contribution in [3.63, 3.8) is 0 Å². The van der Waals surface area contributed by atoms with Crippen molar-refractivity contribution in [2.45, 2.75) is 0 Å². The summed E-state index contributed by atoms with van der Waals surface area (Å²) in [6.07, 6.45) is 0. The van der Waals surface area contributed by atoms with Gasteiger partial charge < -0.3 is 0 Å². The van der Waals surface area contributed by atoms with Crippen LogP contribution in [0, 0.1) is 0 Å². The Kier molecular flexibility index (Phi) is 5.45. The Morgan fingerprint density at radius 1 is 0.148 bits per heavy atom. The van der Waals surface area contributed by atoms with Crippen LogP contribution in [0.15, 0.2) is 182 Å². The summed E-state index contributed by atoms with van der Waals surface area (Å²) in [7, 11) is 0. The first kappa shape index (κ1) is 28.6. The van der Waals surface area contributed by atoms with Crippen LogP contribution in [-0.2, 0) is 0 Å². The molecule has 0 fully saturated rings. The van der Waals surface area contributed by atoms with Gasteiger partial charge in [0, 0.05) is 0 Å². The zero-order chi connectivity index (χ0) is 35.1. The molecule has 0 saturated heterocycles. The summed E-state index contributed by atoms with van der Waals surface area (Å²) in [5.41, 5.74) is 0. The van der Waals surface area contributed by atoms with E-state index in [0.29, 0.717) is 0 Å². The Morgan fingerprint density at radius 3 is 0.667 bits per heavy atom. The van der Waals surface area contributed by atoms with E-state index in [0.717, 1.165) is 0 Å². The summed E-state index contributed by atoms with van der Waals surface area (Å²) in [5, 5.41) is 31.1. The molecule has 0 aromatic heterocycles. The lowest BCUT2D eigenvalue weighted by Gasteiger charge is -2.15. The standard InChI is InChI=1S/C54H30/c1-3-7-43-31(5-1)9-11-33-13-19-37-25-39-21-15-35-17-23-41-27-42-24-18-36-16-22-40-26-38-20-14-34-12-10-32-6-2-4-8-44(32)52(34)46(38)29-48(40)54(36)50(42)30-49(41)53(35)47(39)28-45(37)51(33)43/h1-30H.